The number of nitrogens with one attached hydrogen (secondary N) is 1. The number of rotatable bonds is 8. The molecule has 2 atom stereocenters. The van der Waals surface area contributed by atoms with Gasteiger partial charge in [-0.05, 0) is 74.9 Å². The van der Waals surface area contributed by atoms with Crippen molar-refractivity contribution in [2.45, 2.75) is 58.7 Å². The first-order valence-electron chi connectivity index (χ1n) is 11.1. The Labute approximate surface area is 193 Å². The lowest BCUT2D eigenvalue weighted by Crippen LogP contribution is -2.53. The molecule has 3 amide bonds. The van der Waals surface area contributed by atoms with E-state index in [2.05, 4.69) is 5.32 Å². The Kier molecular flexibility index (Phi) is 8.12. The fourth-order valence-electron chi connectivity index (χ4n) is 3.80. The zero-order valence-corrected chi connectivity index (χ0v) is 20.0. The molecule has 1 aromatic carbocycles. The maximum absolute atomic E-state index is 13.4. The number of benzene rings is 1. The zero-order valence-electron chi connectivity index (χ0n) is 19.1. The van der Waals surface area contributed by atoms with E-state index in [0.717, 1.165) is 18.4 Å². The topological polar surface area (TPSA) is 61.9 Å². The quantitative estimate of drug-likeness (QED) is 0.625. The third-order valence-electron chi connectivity index (χ3n) is 5.74. The van der Waals surface area contributed by atoms with E-state index >= 15 is 0 Å². The van der Waals surface area contributed by atoms with Crippen molar-refractivity contribution in [2.75, 3.05) is 19.7 Å². The van der Waals surface area contributed by atoms with Crippen molar-refractivity contribution in [3.63, 3.8) is 0 Å². The number of nitrogens with zero attached hydrogens (tertiary/aromatic N) is 2. The number of carbonyl (C=O) groups excluding carboxylic acids is 2. The number of hydrogen-bond acceptors (Lipinski definition) is 4. The molecule has 2 aromatic rings. The van der Waals surface area contributed by atoms with Crippen LogP contribution in [0.15, 0.2) is 35.7 Å². The van der Waals surface area contributed by atoms with Crippen LogP contribution >= 0.6 is 11.3 Å². The summed E-state index contributed by atoms with van der Waals surface area (Å²) in [5.41, 5.74) is 1.08. The van der Waals surface area contributed by atoms with E-state index in [-0.39, 0.29) is 49.0 Å². The lowest BCUT2D eigenvalue weighted by molar-refractivity contribution is -0.136. The minimum absolute atomic E-state index is 0.00985. The average molecular weight is 462 g/mol. The molecule has 0 unspecified atom stereocenters. The molecule has 6 nitrogen and oxygen atoms in total. The van der Waals surface area contributed by atoms with E-state index in [1.54, 1.807) is 28.4 Å². The fraction of sp³-hybridized carbons (Fsp3) is 0.500. The largest absolute Gasteiger partial charge is 0.491 e. The van der Waals surface area contributed by atoms with Gasteiger partial charge in [-0.25, -0.2) is 9.18 Å². The molecule has 2 heterocycles. The van der Waals surface area contributed by atoms with Gasteiger partial charge >= 0.3 is 6.03 Å². The first kappa shape index (κ1) is 24.0. The minimum atomic E-state index is -0.322. The average Bonchev–Trinajstić information content (AvgIpc) is 3.24. The monoisotopic (exact) mass is 461 g/mol. The molecule has 0 radical (unpaired) electrons. The number of carbonyl (C=O) groups is 2. The number of hydrogen-bond donors (Lipinski definition) is 1. The van der Waals surface area contributed by atoms with Crippen molar-refractivity contribution in [1.29, 1.82) is 0 Å². The Bertz CT molecular complexity index is 915. The number of amides is 3. The van der Waals surface area contributed by atoms with E-state index in [0.29, 0.717) is 12.3 Å². The molecule has 0 aliphatic carbocycles. The minimum Gasteiger partial charge on any atom is -0.491 e. The van der Waals surface area contributed by atoms with Crippen LogP contribution in [0.25, 0.3) is 0 Å². The van der Waals surface area contributed by atoms with Gasteiger partial charge in [-0.15, -0.1) is 11.3 Å². The Morgan fingerprint density at radius 1 is 1.25 bits per heavy atom. The molecule has 0 saturated heterocycles. The third-order valence-corrected chi connectivity index (χ3v) is 6.73. The second-order valence-electron chi connectivity index (χ2n) is 8.41. The Morgan fingerprint density at radius 2 is 1.97 bits per heavy atom. The van der Waals surface area contributed by atoms with Gasteiger partial charge in [0.1, 0.15) is 24.7 Å². The van der Waals surface area contributed by atoms with E-state index in [1.165, 1.54) is 17.0 Å². The van der Waals surface area contributed by atoms with Gasteiger partial charge in [0.2, 0.25) is 5.91 Å². The lowest BCUT2D eigenvalue weighted by atomic mass is 10.00. The van der Waals surface area contributed by atoms with Gasteiger partial charge in [0, 0.05) is 23.5 Å². The second-order valence-corrected chi connectivity index (χ2v) is 9.41. The molecule has 0 bridgehead atoms. The van der Waals surface area contributed by atoms with Crippen LogP contribution in [0.3, 0.4) is 0 Å². The Balaban J connectivity index is 1.77. The van der Waals surface area contributed by atoms with Gasteiger partial charge in [-0.1, -0.05) is 6.92 Å². The summed E-state index contributed by atoms with van der Waals surface area (Å²) in [5.74, 6) is 0.129. The molecular formula is C24H32FN3O3S. The van der Waals surface area contributed by atoms with Crippen LogP contribution in [0.2, 0.25) is 0 Å². The second kappa shape index (κ2) is 10.8. The van der Waals surface area contributed by atoms with Crippen molar-refractivity contribution in [2.24, 2.45) is 0 Å². The highest BCUT2D eigenvalue weighted by molar-refractivity contribution is 7.10. The summed E-state index contributed by atoms with van der Waals surface area (Å²) in [4.78, 5) is 30.8. The van der Waals surface area contributed by atoms with Crippen LogP contribution in [-0.2, 0) is 11.2 Å². The maximum Gasteiger partial charge on any atom is 0.318 e. The highest BCUT2D eigenvalue weighted by atomic mass is 32.1. The van der Waals surface area contributed by atoms with Gasteiger partial charge in [-0.3, -0.25) is 4.79 Å². The fourth-order valence-corrected chi connectivity index (χ4v) is 4.72. The summed E-state index contributed by atoms with van der Waals surface area (Å²) in [6.45, 7) is 8.62. The SMILES string of the molecule is CC[C@@H](C)N(CC(=O)N1CCc2sccc2[C@H]1COc1ccc(F)cc1)C(=O)NC(C)C. The van der Waals surface area contributed by atoms with Crippen LogP contribution in [0.1, 0.15) is 50.6 Å². The smallest absolute Gasteiger partial charge is 0.318 e. The van der Waals surface area contributed by atoms with Gasteiger partial charge < -0.3 is 19.9 Å². The van der Waals surface area contributed by atoms with Crippen LogP contribution < -0.4 is 10.1 Å². The predicted molar refractivity (Wildman–Crippen MR) is 124 cm³/mol. The molecule has 0 fully saturated rings. The summed E-state index contributed by atoms with van der Waals surface area (Å²) in [6, 6.07) is 7.36. The van der Waals surface area contributed by atoms with E-state index in [9.17, 15) is 14.0 Å². The first-order chi connectivity index (χ1) is 15.3. The van der Waals surface area contributed by atoms with E-state index in [4.69, 9.17) is 4.74 Å². The molecule has 1 aliphatic rings. The molecule has 0 spiro atoms. The third kappa shape index (κ3) is 5.79. The molecule has 1 aliphatic heterocycles. The van der Waals surface area contributed by atoms with Crippen molar-refractivity contribution in [3.8, 4) is 5.75 Å². The summed E-state index contributed by atoms with van der Waals surface area (Å²) >= 11 is 1.68. The van der Waals surface area contributed by atoms with Crippen molar-refractivity contribution in [1.82, 2.24) is 15.1 Å². The molecule has 32 heavy (non-hydrogen) atoms. The van der Waals surface area contributed by atoms with Crippen LogP contribution in [-0.4, -0.2) is 53.5 Å². The summed E-state index contributed by atoms with van der Waals surface area (Å²) in [7, 11) is 0. The lowest BCUT2D eigenvalue weighted by Gasteiger charge is -2.38. The van der Waals surface area contributed by atoms with Gasteiger partial charge in [-0.2, -0.15) is 0 Å². The maximum atomic E-state index is 13.4. The Morgan fingerprint density at radius 3 is 2.62 bits per heavy atom. The molecular weight excluding hydrogens is 429 g/mol. The van der Waals surface area contributed by atoms with Crippen LogP contribution in [0.5, 0.6) is 5.75 Å². The van der Waals surface area contributed by atoms with Crippen LogP contribution in [0, 0.1) is 5.82 Å². The van der Waals surface area contributed by atoms with E-state index < -0.39 is 0 Å². The molecule has 8 heteroatoms. The number of urea groups is 1. The van der Waals surface area contributed by atoms with Gasteiger partial charge in [0.15, 0.2) is 0 Å². The number of ether oxygens (including phenoxy) is 1. The number of thiophene rings is 1. The zero-order chi connectivity index (χ0) is 23.3. The molecule has 3 rings (SSSR count). The summed E-state index contributed by atoms with van der Waals surface area (Å²) < 4.78 is 19.2. The molecule has 1 N–H and O–H groups in total. The van der Waals surface area contributed by atoms with Crippen molar-refractivity contribution < 1.29 is 18.7 Å². The standard InChI is InChI=1S/C24H32FN3O3S/c1-5-17(4)28(24(30)26-16(2)3)14-23(29)27-12-10-22-20(11-13-32-22)21(27)15-31-19-8-6-18(25)7-9-19/h6-9,11,13,16-17,21H,5,10,12,14-15H2,1-4H3,(H,26,30)/t17-,21-/m1/s1. The predicted octanol–water partition coefficient (Wildman–Crippen LogP) is 4.61. The van der Waals surface area contributed by atoms with Crippen molar-refractivity contribution in [3.05, 3.63) is 52.0 Å². The molecule has 174 valence electrons. The van der Waals surface area contributed by atoms with Gasteiger partial charge in [0.25, 0.3) is 0 Å². The number of halogens is 1. The summed E-state index contributed by atoms with van der Waals surface area (Å²) in [6.07, 6.45) is 1.54. The molecule has 0 saturated carbocycles. The highest BCUT2D eigenvalue weighted by Gasteiger charge is 2.34. The van der Waals surface area contributed by atoms with Crippen molar-refractivity contribution >= 4 is 23.3 Å². The summed E-state index contributed by atoms with van der Waals surface area (Å²) in [5, 5.41) is 4.94. The highest BCUT2D eigenvalue weighted by Crippen LogP contribution is 2.34. The molecule has 1 aromatic heterocycles. The normalized spacial score (nSPS) is 16.4. The van der Waals surface area contributed by atoms with Crippen LogP contribution in [0.4, 0.5) is 9.18 Å². The first-order valence-corrected chi connectivity index (χ1v) is 12.0. The van der Waals surface area contributed by atoms with E-state index in [1.807, 2.05) is 44.0 Å². The number of fused-ring (bicyclic) bond motifs is 1. The van der Waals surface area contributed by atoms with Gasteiger partial charge in [0.05, 0.1) is 6.04 Å². The Hall–Kier alpha value is -2.61.